The second kappa shape index (κ2) is 7.07. The minimum atomic E-state index is -0.153. The lowest BCUT2D eigenvalue weighted by atomic mass is 10.1. The molecule has 18 heavy (non-hydrogen) atoms. The maximum atomic E-state index is 11.6. The molecule has 106 valence electrons. The molecule has 0 radical (unpaired) electrons. The standard InChI is InChI=1S/C13H26N2O3/c1-11(14-13(2,3)4)10-18-12(16)9-15-5-7-17-8-6-15/h11,14H,5-10H2,1-4H3/t11-/m1/s1. The Bertz CT molecular complexity index is 257. The number of esters is 1. The van der Waals surface area contributed by atoms with Crippen LogP contribution in [-0.2, 0) is 14.3 Å². The molecule has 0 aliphatic carbocycles. The van der Waals surface area contributed by atoms with E-state index >= 15 is 0 Å². The maximum Gasteiger partial charge on any atom is 0.320 e. The molecule has 0 unspecified atom stereocenters. The quantitative estimate of drug-likeness (QED) is 0.733. The summed E-state index contributed by atoms with van der Waals surface area (Å²) in [5.74, 6) is -0.153. The van der Waals surface area contributed by atoms with Gasteiger partial charge in [0.1, 0.15) is 6.61 Å². The van der Waals surface area contributed by atoms with E-state index in [-0.39, 0.29) is 17.6 Å². The van der Waals surface area contributed by atoms with Crippen molar-refractivity contribution in [3.63, 3.8) is 0 Å². The number of rotatable bonds is 5. The fourth-order valence-electron chi connectivity index (χ4n) is 1.99. The lowest BCUT2D eigenvalue weighted by molar-refractivity contribution is -0.146. The number of hydrogen-bond acceptors (Lipinski definition) is 5. The van der Waals surface area contributed by atoms with Crippen molar-refractivity contribution in [2.75, 3.05) is 39.5 Å². The van der Waals surface area contributed by atoms with E-state index in [2.05, 4.69) is 31.0 Å². The van der Waals surface area contributed by atoms with Crippen LogP contribution in [0.3, 0.4) is 0 Å². The monoisotopic (exact) mass is 258 g/mol. The van der Waals surface area contributed by atoms with Crippen LogP contribution < -0.4 is 5.32 Å². The molecule has 5 heteroatoms. The van der Waals surface area contributed by atoms with E-state index in [1.165, 1.54) is 0 Å². The van der Waals surface area contributed by atoms with Crippen LogP contribution in [0.1, 0.15) is 27.7 Å². The highest BCUT2D eigenvalue weighted by atomic mass is 16.5. The lowest BCUT2D eigenvalue weighted by Crippen LogP contribution is -2.45. The van der Waals surface area contributed by atoms with Gasteiger partial charge < -0.3 is 14.8 Å². The predicted octanol–water partition coefficient (Wildman–Crippen LogP) is 0.638. The van der Waals surface area contributed by atoms with Crippen molar-refractivity contribution in [1.29, 1.82) is 0 Å². The molecular weight excluding hydrogens is 232 g/mol. The topological polar surface area (TPSA) is 50.8 Å². The second-order valence-electron chi connectivity index (χ2n) is 5.87. The average molecular weight is 258 g/mol. The predicted molar refractivity (Wildman–Crippen MR) is 70.6 cm³/mol. The van der Waals surface area contributed by atoms with Crippen LogP contribution >= 0.6 is 0 Å². The smallest absolute Gasteiger partial charge is 0.320 e. The number of ether oxygens (including phenoxy) is 2. The van der Waals surface area contributed by atoms with Gasteiger partial charge >= 0.3 is 5.97 Å². The highest BCUT2D eigenvalue weighted by Crippen LogP contribution is 2.02. The Hall–Kier alpha value is -0.650. The molecule has 5 nitrogen and oxygen atoms in total. The van der Waals surface area contributed by atoms with E-state index in [1.54, 1.807) is 0 Å². The van der Waals surface area contributed by atoms with Gasteiger partial charge in [-0.25, -0.2) is 0 Å². The Balaban J connectivity index is 2.16. The zero-order valence-corrected chi connectivity index (χ0v) is 12.0. The molecule has 1 aliphatic rings. The maximum absolute atomic E-state index is 11.6. The number of hydrogen-bond donors (Lipinski definition) is 1. The van der Waals surface area contributed by atoms with Crippen LogP contribution in [-0.4, -0.2) is 61.9 Å². The highest BCUT2D eigenvalue weighted by molar-refractivity contribution is 5.71. The molecule has 0 saturated carbocycles. The molecule has 0 bridgehead atoms. The van der Waals surface area contributed by atoms with E-state index < -0.39 is 0 Å². The van der Waals surface area contributed by atoms with Crippen LogP contribution in [0.2, 0.25) is 0 Å². The van der Waals surface area contributed by atoms with E-state index in [1.807, 2.05) is 6.92 Å². The molecule has 1 saturated heterocycles. The number of morpholine rings is 1. The van der Waals surface area contributed by atoms with Crippen molar-refractivity contribution in [2.24, 2.45) is 0 Å². The summed E-state index contributed by atoms with van der Waals surface area (Å²) in [4.78, 5) is 13.7. The molecule has 1 aliphatic heterocycles. The minimum absolute atomic E-state index is 0.0377. The van der Waals surface area contributed by atoms with Crippen molar-refractivity contribution >= 4 is 5.97 Å². The summed E-state index contributed by atoms with van der Waals surface area (Å²) in [5, 5.41) is 3.37. The molecule has 1 atom stereocenters. The Morgan fingerprint density at radius 1 is 1.39 bits per heavy atom. The van der Waals surface area contributed by atoms with Gasteiger partial charge in [0.2, 0.25) is 0 Å². The van der Waals surface area contributed by atoms with Gasteiger partial charge in [0, 0.05) is 24.7 Å². The SMILES string of the molecule is C[C@H](COC(=O)CN1CCOCC1)NC(C)(C)C. The van der Waals surface area contributed by atoms with Gasteiger partial charge in [0.05, 0.1) is 19.8 Å². The zero-order chi connectivity index (χ0) is 13.6. The molecule has 0 aromatic rings. The largest absolute Gasteiger partial charge is 0.463 e. The normalized spacial score (nSPS) is 19.6. The van der Waals surface area contributed by atoms with Crippen LogP contribution in [0.15, 0.2) is 0 Å². The third-order valence-corrected chi connectivity index (χ3v) is 2.63. The van der Waals surface area contributed by atoms with Crippen molar-refractivity contribution in [1.82, 2.24) is 10.2 Å². The third kappa shape index (κ3) is 6.93. The first-order valence-electron chi connectivity index (χ1n) is 6.60. The molecule has 1 rings (SSSR count). The molecule has 1 heterocycles. The first kappa shape index (κ1) is 15.4. The first-order valence-corrected chi connectivity index (χ1v) is 6.60. The number of carbonyl (C=O) groups excluding carboxylic acids is 1. The Morgan fingerprint density at radius 3 is 2.56 bits per heavy atom. The molecular formula is C13H26N2O3. The van der Waals surface area contributed by atoms with E-state index in [4.69, 9.17) is 9.47 Å². The second-order valence-corrected chi connectivity index (χ2v) is 5.87. The van der Waals surface area contributed by atoms with Gasteiger partial charge in [0.15, 0.2) is 0 Å². The first-order chi connectivity index (χ1) is 8.37. The minimum Gasteiger partial charge on any atom is -0.463 e. The summed E-state index contributed by atoms with van der Waals surface area (Å²) in [6, 6.07) is 0.165. The van der Waals surface area contributed by atoms with Crippen molar-refractivity contribution in [2.45, 2.75) is 39.3 Å². The van der Waals surface area contributed by atoms with Gasteiger partial charge in [-0.3, -0.25) is 9.69 Å². The summed E-state index contributed by atoms with van der Waals surface area (Å²) in [6.07, 6.45) is 0. The summed E-state index contributed by atoms with van der Waals surface area (Å²) in [7, 11) is 0. The summed E-state index contributed by atoms with van der Waals surface area (Å²) in [5.41, 5.74) is 0.0377. The summed E-state index contributed by atoms with van der Waals surface area (Å²) in [6.45, 7) is 12.1. The number of nitrogens with one attached hydrogen (secondary N) is 1. The summed E-state index contributed by atoms with van der Waals surface area (Å²) >= 11 is 0. The fourth-order valence-corrected chi connectivity index (χ4v) is 1.99. The van der Waals surface area contributed by atoms with Gasteiger partial charge in [-0.15, -0.1) is 0 Å². The lowest BCUT2D eigenvalue weighted by Gasteiger charge is -2.27. The Labute approximate surface area is 110 Å². The molecule has 1 fully saturated rings. The van der Waals surface area contributed by atoms with Gasteiger partial charge in [-0.2, -0.15) is 0 Å². The summed E-state index contributed by atoms with van der Waals surface area (Å²) < 4.78 is 10.5. The van der Waals surface area contributed by atoms with Crippen LogP contribution in [0.25, 0.3) is 0 Å². The number of carbonyl (C=O) groups is 1. The van der Waals surface area contributed by atoms with Crippen LogP contribution in [0.4, 0.5) is 0 Å². The van der Waals surface area contributed by atoms with E-state index in [9.17, 15) is 4.79 Å². The average Bonchev–Trinajstić information content (AvgIpc) is 2.25. The Morgan fingerprint density at radius 2 is 2.00 bits per heavy atom. The molecule has 0 aromatic carbocycles. The highest BCUT2D eigenvalue weighted by Gasteiger charge is 2.17. The number of nitrogens with zero attached hydrogens (tertiary/aromatic N) is 1. The van der Waals surface area contributed by atoms with Gasteiger partial charge in [0.25, 0.3) is 0 Å². The van der Waals surface area contributed by atoms with Crippen LogP contribution in [0, 0.1) is 0 Å². The van der Waals surface area contributed by atoms with Gasteiger partial charge in [-0.1, -0.05) is 0 Å². The van der Waals surface area contributed by atoms with Crippen molar-refractivity contribution in [3.8, 4) is 0 Å². The molecule has 0 spiro atoms. The van der Waals surface area contributed by atoms with Crippen molar-refractivity contribution in [3.05, 3.63) is 0 Å². The van der Waals surface area contributed by atoms with E-state index in [0.717, 1.165) is 13.1 Å². The fraction of sp³-hybridized carbons (Fsp3) is 0.923. The molecule has 1 N–H and O–H groups in total. The van der Waals surface area contributed by atoms with Gasteiger partial charge in [-0.05, 0) is 27.7 Å². The van der Waals surface area contributed by atoms with Crippen LogP contribution in [0.5, 0.6) is 0 Å². The molecule has 0 amide bonds. The Kier molecular flexibility index (Phi) is 6.05. The van der Waals surface area contributed by atoms with Crippen molar-refractivity contribution < 1.29 is 14.3 Å². The third-order valence-electron chi connectivity index (χ3n) is 2.63. The zero-order valence-electron chi connectivity index (χ0n) is 12.0. The molecule has 0 aromatic heterocycles. The van der Waals surface area contributed by atoms with E-state index in [0.29, 0.717) is 26.4 Å².